The van der Waals surface area contributed by atoms with Gasteiger partial charge in [-0.3, -0.25) is 4.79 Å². The molecule has 2 aromatic rings. The van der Waals surface area contributed by atoms with Crippen molar-refractivity contribution in [2.45, 2.75) is 20.0 Å². The summed E-state index contributed by atoms with van der Waals surface area (Å²) >= 11 is 0. The summed E-state index contributed by atoms with van der Waals surface area (Å²) in [7, 11) is 0. The molecule has 2 N–H and O–H groups in total. The van der Waals surface area contributed by atoms with Crippen LogP contribution in [-0.2, 0) is 4.79 Å². The molecule has 0 bridgehead atoms. The molecule has 0 fully saturated rings. The Kier molecular flexibility index (Phi) is 5.59. The van der Waals surface area contributed by atoms with Gasteiger partial charge in [0.1, 0.15) is 5.75 Å². The SMILES string of the molecule is CC(C)Oc1ccccc1NC(=O)CNc1cccc(C#N)c1. The van der Waals surface area contributed by atoms with Crippen LogP contribution in [0.4, 0.5) is 11.4 Å². The molecule has 0 aliphatic rings. The molecule has 2 aromatic carbocycles. The third-order valence-corrected chi connectivity index (χ3v) is 2.97. The van der Waals surface area contributed by atoms with Crippen molar-refractivity contribution in [3.63, 3.8) is 0 Å². The zero-order chi connectivity index (χ0) is 16.7. The van der Waals surface area contributed by atoms with Crippen LogP contribution >= 0.6 is 0 Å². The number of ether oxygens (including phenoxy) is 1. The van der Waals surface area contributed by atoms with E-state index in [1.807, 2.05) is 38.1 Å². The van der Waals surface area contributed by atoms with Crippen LogP contribution in [0.1, 0.15) is 19.4 Å². The maximum atomic E-state index is 12.1. The van der Waals surface area contributed by atoms with E-state index >= 15 is 0 Å². The third-order valence-electron chi connectivity index (χ3n) is 2.97. The number of anilines is 2. The van der Waals surface area contributed by atoms with Gasteiger partial charge in [-0.2, -0.15) is 5.26 Å². The summed E-state index contributed by atoms with van der Waals surface area (Å²) in [6.07, 6.45) is 0.0277. The molecule has 0 saturated carbocycles. The van der Waals surface area contributed by atoms with Gasteiger partial charge in [0.15, 0.2) is 0 Å². The zero-order valence-electron chi connectivity index (χ0n) is 13.2. The van der Waals surface area contributed by atoms with Gasteiger partial charge in [-0.05, 0) is 44.2 Å². The van der Waals surface area contributed by atoms with Gasteiger partial charge in [-0.1, -0.05) is 18.2 Å². The molecule has 23 heavy (non-hydrogen) atoms. The lowest BCUT2D eigenvalue weighted by Gasteiger charge is -2.15. The maximum Gasteiger partial charge on any atom is 0.243 e. The lowest BCUT2D eigenvalue weighted by molar-refractivity contribution is -0.114. The first-order valence-electron chi connectivity index (χ1n) is 7.38. The summed E-state index contributed by atoms with van der Waals surface area (Å²) in [5, 5.41) is 14.7. The topological polar surface area (TPSA) is 74.2 Å². The molecule has 0 unspecified atom stereocenters. The van der Waals surface area contributed by atoms with E-state index in [4.69, 9.17) is 10.00 Å². The van der Waals surface area contributed by atoms with Gasteiger partial charge in [0.2, 0.25) is 5.91 Å². The van der Waals surface area contributed by atoms with Crippen LogP contribution in [0.2, 0.25) is 0 Å². The van der Waals surface area contributed by atoms with Crippen LogP contribution in [0.25, 0.3) is 0 Å². The molecule has 0 aliphatic carbocycles. The predicted molar refractivity (Wildman–Crippen MR) is 90.5 cm³/mol. The molecule has 0 aromatic heterocycles. The molecule has 0 atom stereocenters. The molecule has 0 saturated heterocycles. The van der Waals surface area contributed by atoms with Crippen molar-refractivity contribution < 1.29 is 9.53 Å². The van der Waals surface area contributed by atoms with Gasteiger partial charge in [0.05, 0.1) is 30.0 Å². The van der Waals surface area contributed by atoms with Crippen molar-refractivity contribution >= 4 is 17.3 Å². The van der Waals surface area contributed by atoms with Gasteiger partial charge >= 0.3 is 0 Å². The first-order valence-corrected chi connectivity index (χ1v) is 7.38. The zero-order valence-corrected chi connectivity index (χ0v) is 13.2. The van der Waals surface area contributed by atoms with E-state index in [9.17, 15) is 4.79 Å². The average molecular weight is 309 g/mol. The first kappa shape index (κ1) is 16.4. The number of nitriles is 1. The smallest absolute Gasteiger partial charge is 0.243 e. The third kappa shape index (κ3) is 5.04. The van der Waals surface area contributed by atoms with E-state index in [1.165, 1.54) is 0 Å². The molecule has 1 amide bonds. The largest absolute Gasteiger partial charge is 0.489 e. The first-order chi connectivity index (χ1) is 11.1. The van der Waals surface area contributed by atoms with Crippen LogP contribution in [0.5, 0.6) is 5.75 Å². The summed E-state index contributed by atoms with van der Waals surface area (Å²) in [6.45, 7) is 3.97. The standard InChI is InChI=1S/C18H19N3O2/c1-13(2)23-17-9-4-3-8-16(17)21-18(22)12-20-15-7-5-6-14(10-15)11-19/h3-10,13,20H,12H2,1-2H3,(H,21,22). The molecule has 5 nitrogen and oxygen atoms in total. The fourth-order valence-corrected chi connectivity index (χ4v) is 2.00. The highest BCUT2D eigenvalue weighted by atomic mass is 16.5. The maximum absolute atomic E-state index is 12.1. The van der Waals surface area contributed by atoms with Gasteiger partial charge in [0.25, 0.3) is 0 Å². The molecule has 2 rings (SSSR count). The van der Waals surface area contributed by atoms with Crippen LogP contribution in [0, 0.1) is 11.3 Å². The number of hydrogen-bond donors (Lipinski definition) is 2. The molecular formula is C18H19N3O2. The number of benzene rings is 2. The Bertz CT molecular complexity index is 720. The Balaban J connectivity index is 1.96. The van der Waals surface area contributed by atoms with Crippen molar-refractivity contribution in [2.75, 3.05) is 17.2 Å². The fraction of sp³-hybridized carbons (Fsp3) is 0.222. The van der Waals surface area contributed by atoms with Crippen molar-refractivity contribution in [1.29, 1.82) is 5.26 Å². The highest BCUT2D eigenvalue weighted by Gasteiger charge is 2.08. The van der Waals surface area contributed by atoms with Gasteiger partial charge in [-0.15, -0.1) is 0 Å². The van der Waals surface area contributed by atoms with Crippen LogP contribution in [0.15, 0.2) is 48.5 Å². The van der Waals surface area contributed by atoms with E-state index in [-0.39, 0.29) is 18.6 Å². The molecular weight excluding hydrogens is 290 g/mol. The van der Waals surface area contributed by atoms with E-state index < -0.39 is 0 Å². The summed E-state index contributed by atoms with van der Waals surface area (Å²) in [5.74, 6) is 0.453. The van der Waals surface area contributed by atoms with Crippen LogP contribution in [0.3, 0.4) is 0 Å². The Hall–Kier alpha value is -3.00. The minimum atomic E-state index is -0.188. The van der Waals surface area contributed by atoms with E-state index in [0.29, 0.717) is 17.0 Å². The quantitative estimate of drug-likeness (QED) is 0.857. The minimum Gasteiger partial charge on any atom is -0.489 e. The Morgan fingerprint density at radius 3 is 2.74 bits per heavy atom. The summed E-state index contributed by atoms with van der Waals surface area (Å²) in [5.41, 5.74) is 1.91. The normalized spacial score (nSPS) is 10.0. The highest BCUT2D eigenvalue weighted by molar-refractivity contribution is 5.95. The van der Waals surface area contributed by atoms with E-state index in [0.717, 1.165) is 5.69 Å². The van der Waals surface area contributed by atoms with E-state index in [2.05, 4.69) is 16.7 Å². The Morgan fingerprint density at radius 2 is 2.00 bits per heavy atom. The second-order valence-corrected chi connectivity index (χ2v) is 5.26. The fourth-order valence-electron chi connectivity index (χ4n) is 2.00. The predicted octanol–water partition coefficient (Wildman–Crippen LogP) is 3.40. The highest BCUT2D eigenvalue weighted by Crippen LogP contribution is 2.24. The number of nitrogens with one attached hydrogen (secondary N) is 2. The summed E-state index contributed by atoms with van der Waals surface area (Å²) in [4.78, 5) is 12.1. The Morgan fingerprint density at radius 1 is 1.22 bits per heavy atom. The van der Waals surface area contributed by atoms with E-state index in [1.54, 1.807) is 24.3 Å². The second-order valence-electron chi connectivity index (χ2n) is 5.26. The molecule has 5 heteroatoms. The molecule has 0 spiro atoms. The van der Waals surface area contributed by atoms with Crippen molar-refractivity contribution in [3.05, 3.63) is 54.1 Å². The van der Waals surface area contributed by atoms with Gasteiger partial charge in [0, 0.05) is 5.69 Å². The summed E-state index contributed by atoms with van der Waals surface area (Å²) in [6, 6.07) is 16.4. The van der Waals surface area contributed by atoms with Gasteiger partial charge < -0.3 is 15.4 Å². The summed E-state index contributed by atoms with van der Waals surface area (Å²) < 4.78 is 5.67. The molecule has 118 valence electrons. The second kappa shape index (κ2) is 7.85. The number of para-hydroxylation sites is 2. The Labute approximate surface area is 135 Å². The molecule has 0 radical (unpaired) electrons. The number of carbonyl (C=O) groups is 1. The van der Waals surface area contributed by atoms with Gasteiger partial charge in [-0.25, -0.2) is 0 Å². The number of amides is 1. The van der Waals surface area contributed by atoms with Crippen LogP contribution in [-0.4, -0.2) is 18.6 Å². The van der Waals surface area contributed by atoms with Crippen molar-refractivity contribution in [1.82, 2.24) is 0 Å². The number of rotatable bonds is 6. The number of hydrogen-bond acceptors (Lipinski definition) is 4. The number of carbonyl (C=O) groups excluding carboxylic acids is 1. The van der Waals surface area contributed by atoms with Crippen molar-refractivity contribution in [2.24, 2.45) is 0 Å². The van der Waals surface area contributed by atoms with Crippen molar-refractivity contribution in [3.8, 4) is 11.8 Å². The monoisotopic (exact) mass is 309 g/mol. The minimum absolute atomic E-state index is 0.0277. The number of nitrogens with zero attached hydrogens (tertiary/aromatic N) is 1. The lowest BCUT2D eigenvalue weighted by Crippen LogP contribution is -2.22. The lowest BCUT2D eigenvalue weighted by atomic mass is 10.2. The molecule has 0 heterocycles. The average Bonchev–Trinajstić information content (AvgIpc) is 2.54. The van der Waals surface area contributed by atoms with Crippen LogP contribution < -0.4 is 15.4 Å². The molecule has 0 aliphatic heterocycles.